The number of amides is 2. The molecule has 4 aromatic heterocycles. The molecule has 4 heterocycles. The molecule has 0 bridgehead atoms. The van der Waals surface area contributed by atoms with Crippen LogP contribution in [0, 0.1) is 0 Å². The van der Waals surface area contributed by atoms with Gasteiger partial charge in [-0.3, -0.25) is 37.4 Å². The lowest BCUT2D eigenvalue weighted by Crippen LogP contribution is -2.38. The highest BCUT2D eigenvalue weighted by Crippen LogP contribution is 2.23. The summed E-state index contributed by atoms with van der Waals surface area (Å²) in [6.45, 7) is 5.04. The van der Waals surface area contributed by atoms with Gasteiger partial charge in [0.1, 0.15) is 21.2 Å². The highest BCUT2D eigenvalue weighted by Gasteiger charge is 2.19. The first-order valence-electron chi connectivity index (χ1n) is 18.5. The minimum atomic E-state index is -0.395. The molecule has 0 atom stereocenters. The van der Waals surface area contributed by atoms with Crippen LogP contribution in [0.3, 0.4) is 0 Å². The van der Waals surface area contributed by atoms with Gasteiger partial charge in [-0.2, -0.15) is 0 Å². The summed E-state index contributed by atoms with van der Waals surface area (Å²) < 4.78 is 15.6. The van der Waals surface area contributed by atoms with Crippen molar-refractivity contribution in [2.24, 2.45) is 14.1 Å². The standard InChI is InChI=1S/2C21H23N3O4S/c2*1-4-5-6-10-24-19(26)16-12-17(29-20(16)23(2)21(24)27)18(25)22-13-14-8-7-9-15(11-14)28-3/h2*5-9,11-12H,4,10,13H2,1-3H3,(H,22,25)/b2*6-5+. The predicted octanol–water partition coefficient (Wildman–Crippen LogP) is 5.33. The maximum Gasteiger partial charge on any atom is 0.332 e. The molecule has 0 saturated heterocycles. The van der Waals surface area contributed by atoms with Gasteiger partial charge in [-0.05, 0) is 60.4 Å². The van der Waals surface area contributed by atoms with Crippen LogP contribution in [0.5, 0.6) is 11.5 Å². The van der Waals surface area contributed by atoms with Crippen LogP contribution in [0.4, 0.5) is 0 Å². The van der Waals surface area contributed by atoms with Crippen molar-refractivity contribution in [2.45, 2.75) is 52.9 Å². The summed E-state index contributed by atoms with van der Waals surface area (Å²) in [5, 5.41) is 6.43. The van der Waals surface area contributed by atoms with Gasteiger partial charge in [-0.1, -0.05) is 62.4 Å². The second kappa shape index (κ2) is 19.7. The predicted molar refractivity (Wildman–Crippen MR) is 230 cm³/mol. The van der Waals surface area contributed by atoms with E-state index in [9.17, 15) is 28.8 Å². The Balaban J connectivity index is 0.000000221. The number of carbonyl (C=O) groups excluding carboxylic acids is 2. The van der Waals surface area contributed by atoms with E-state index >= 15 is 0 Å². The summed E-state index contributed by atoms with van der Waals surface area (Å²) in [4.78, 5) is 77.5. The van der Waals surface area contributed by atoms with Crippen LogP contribution in [-0.4, -0.2) is 44.3 Å². The fourth-order valence-corrected chi connectivity index (χ4v) is 7.95. The third-order valence-corrected chi connectivity index (χ3v) is 11.4. The number of allylic oxidation sites excluding steroid dienone is 4. The number of carbonyl (C=O) groups is 2. The van der Waals surface area contributed by atoms with Crippen molar-refractivity contribution in [2.75, 3.05) is 14.2 Å². The van der Waals surface area contributed by atoms with Gasteiger partial charge < -0.3 is 20.1 Å². The molecule has 6 rings (SSSR count). The first-order valence-corrected chi connectivity index (χ1v) is 20.1. The monoisotopic (exact) mass is 826 g/mol. The number of hydrogen-bond acceptors (Lipinski definition) is 10. The number of benzene rings is 2. The van der Waals surface area contributed by atoms with Crippen molar-refractivity contribution >= 4 is 54.9 Å². The molecule has 6 aromatic rings. The number of thiophene rings is 2. The Kier molecular flexibility index (Phi) is 14.6. The third-order valence-electron chi connectivity index (χ3n) is 9.02. The van der Waals surface area contributed by atoms with Crippen molar-refractivity contribution < 1.29 is 19.1 Å². The maximum atomic E-state index is 12.8. The molecule has 304 valence electrons. The van der Waals surface area contributed by atoms with E-state index in [1.807, 2.05) is 74.5 Å². The minimum Gasteiger partial charge on any atom is -0.497 e. The Morgan fingerprint density at radius 1 is 0.621 bits per heavy atom. The molecule has 0 fully saturated rings. The molecule has 14 nitrogen and oxygen atoms in total. The Labute approximate surface area is 341 Å². The van der Waals surface area contributed by atoms with E-state index < -0.39 is 11.4 Å². The summed E-state index contributed by atoms with van der Waals surface area (Å²) in [6.07, 6.45) is 9.05. The number of nitrogens with one attached hydrogen (secondary N) is 2. The van der Waals surface area contributed by atoms with Crippen molar-refractivity contribution in [3.05, 3.63) is 148 Å². The molecule has 0 radical (unpaired) electrons. The third kappa shape index (κ3) is 9.81. The van der Waals surface area contributed by atoms with E-state index in [1.54, 1.807) is 52.6 Å². The smallest absolute Gasteiger partial charge is 0.332 e. The zero-order chi connectivity index (χ0) is 41.9. The van der Waals surface area contributed by atoms with E-state index in [4.69, 9.17) is 9.47 Å². The normalized spacial score (nSPS) is 11.3. The van der Waals surface area contributed by atoms with Gasteiger partial charge in [0.05, 0.1) is 34.7 Å². The van der Waals surface area contributed by atoms with Crippen LogP contribution in [0.15, 0.2) is 104 Å². The number of ether oxygens (including phenoxy) is 2. The molecule has 0 aliphatic carbocycles. The second-order valence-corrected chi connectivity index (χ2v) is 15.1. The van der Waals surface area contributed by atoms with E-state index in [0.29, 0.717) is 54.8 Å². The van der Waals surface area contributed by atoms with Crippen molar-refractivity contribution in [1.82, 2.24) is 28.9 Å². The topological polar surface area (TPSA) is 165 Å². The number of rotatable bonds is 14. The van der Waals surface area contributed by atoms with Gasteiger partial charge >= 0.3 is 11.4 Å². The quantitative estimate of drug-likeness (QED) is 0.139. The summed E-state index contributed by atoms with van der Waals surface area (Å²) in [6, 6.07) is 18.0. The molecule has 2 amide bonds. The number of aromatic nitrogens is 4. The second-order valence-electron chi connectivity index (χ2n) is 13.0. The molecule has 0 aliphatic heterocycles. The number of fused-ring (bicyclic) bond motifs is 2. The van der Waals surface area contributed by atoms with E-state index in [1.165, 1.54) is 18.3 Å². The van der Waals surface area contributed by atoms with Crippen LogP contribution >= 0.6 is 22.7 Å². The first kappa shape index (κ1) is 42.9. The van der Waals surface area contributed by atoms with Gasteiger partial charge in [0.2, 0.25) is 0 Å². The van der Waals surface area contributed by atoms with Gasteiger partial charge in [0.25, 0.3) is 22.9 Å². The maximum absolute atomic E-state index is 12.8. The van der Waals surface area contributed by atoms with Crippen molar-refractivity contribution in [3.63, 3.8) is 0 Å². The molecule has 2 aromatic carbocycles. The first-order chi connectivity index (χ1) is 27.9. The van der Waals surface area contributed by atoms with Crippen LogP contribution in [-0.2, 0) is 40.3 Å². The lowest BCUT2D eigenvalue weighted by Gasteiger charge is -2.06. The average Bonchev–Trinajstić information content (AvgIpc) is 3.90. The minimum absolute atomic E-state index is 0.211. The van der Waals surface area contributed by atoms with Crippen LogP contribution in [0.2, 0.25) is 0 Å². The fourth-order valence-electron chi connectivity index (χ4n) is 5.91. The number of nitrogens with zero attached hydrogens (tertiary/aromatic N) is 4. The van der Waals surface area contributed by atoms with E-state index in [2.05, 4.69) is 10.6 Å². The van der Waals surface area contributed by atoms with Gasteiger partial charge in [0.15, 0.2) is 0 Å². The van der Waals surface area contributed by atoms with Crippen molar-refractivity contribution in [1.29, 1.82) is 0 Å². The Hall–Kier alpha value is -6.26. The molecular weight excluding hydrogens is 781 g/mol. The number of methoxy groups -OCH3 is 2. The van der Waals surface area contributed by atoms with E-state index in [-0.39, 0.29) is 36.0 Å². The van der Waals surface area contributed by atoms with Crippen LogP contribution in [0.25, 0.3) is 20.4 Å². The van der Waals surface area contributed by atoms with Crippen molar-refractivity contribution in [3.8, 4) is 11.5 Å². The Morgan fingerprint density at radius 2 is 1.02 bits per heavy atom. The number of hydrogen-bond donors (Lipinski definition) is 2. The molecule has 0 spiro atoms. The molecule has 0 saturated carbocycles. The van der Waals surface area contributed by atoms with Gasteiger partial charge in [-0.15, -0.1) is 22.7 Å². The van der Waals surface area contributed by atoms with E-state index in [0.717, 1.165) is 46.6 Å². The zero-order valence-electron chi connectivity index (χ0n) is 33.2. The summed E-state index contributed by atoms with van der Waals surface area (Å²) in [5.41, 5.74) is 0.244. The largest absolute Gasteiger partial charge is 0.497 e. The highest BCUT2D eigenvalue weighted by atomic mass is 32.1. The van der Waals surface area contributed by atoms with Gasteiger partial charge in [0, 0.05) is 40.3 Å². The lowest BCUT2D eigenvalue weighted by atomic mass is 10.2. The molecule has 0 unspecified atom stereocenters. The lowest BCUT2D eigenvalue weighted by molar-refractivity contribution is 0.0947. The Bertz CT molecular complexity index is 2560. The average molecular weight is 827 g/mol. The zero-order valence-corrected chi connectivity index (χ0v) is 34.8. The summed E-state index contributed by atoms with van der Waals surface area (Å²) >= 11 is 2.27. The SMILES string of the molecule is CC/C=C/Cn1c(=O)c2cc(C(=O)NCc3cccc(OC)c3)sc2n(C)c1=O.CC/C=C/Cn1c(=O)c2cc(C(=O)NCc3cccc(OC)c3)sc2n(C)c1=O. The molecule has 16 heteroatoms. The van der Waals surface area contributed by atoms with Gasteiger partial charge in [-0.25, -0.2) is 9.59 Å². The Morgan fingerprint density at radius 3 is 1.38 bits per heavy atom. The fraction of sp³-hybridized carbons (Fsp3) is 0.286. The van der Waals surface area contributed by atoms with Crippen LogP contribution < -0.4 is 42.6 Å². The highest BCUT2D eigenvalue weighted by molar-refractivity contribution is 7.20. The number of aryl methyl sites for hydroxylation is 2. The van der Waals surface area contributed by atoms with Crippen LogP contribution in [0.1, 0.15) is 57.2 Å². The molecule has 58 heavy (non-hydrogen) atoms. The molecule has 0 aliphatic rings. The molecule has 2 N–H and O–H groups in total. The summed E-state index contributed by atoms with van der Waals surface area (Å²) in [7, 11) is 6.39. The summed E-state index contributed by atoms with van der Waals surface area (Å²) in [5.74, 6) is 0.842. The molecular formula is C42H46N6O8S2.